The van der Waals surface area contributed by atoms with Crippen molar-refractivity contribution in [3.8, 4) is 0 Å². The Bertz CT molecular complexity index is 532. The van der Waals surface area contributed by atoms with E-state index in [0.717, 1.165) is 17.9 Å². The van der Waals surface area contributed by atoms with E-state index in [2.05, 4.69) is 0 Å². The highest BCUT2D eigenvalue weighted by Gasteiger charge is 2.15. The molecular formula is C12H15NO4S. The summed E-state index contributed by atoms with van der Waals surface area (Å²) in [5, 5.41) is 0. The molecule has 0 bridgehead atoms. The zero-order valence-corrected chi connectivity index (χ0v) is 11.0. The van der Waals surface area contributed by atoms with Gasteiger partial charge in [0.15, 0.2) is 0 Å². The first-order valence-electron chi connectivity index (χ1n) is 5.37. The number of amides is 1. The van der Waals surface area contributed by atoms with Crippen LogP contribution < -0.4 is 4.72 Å². The first-order chi connectivity index (χ1) is 8.45. The lowest BCUT2D eigenvalue weighted by Crippen LogP contribution is -2.29. The Labute approximate surface area is 107 Å². The highest BCUT2D eigenvalue weighted by molar-refractivity contribution is 7.90. The number of ether oxygens (including phenoxy) is 1. The molecule has 0 spiro atoms. The summed E-state index contributed by atoms with van der Waals surface area (Å²) in [5.41, 5.74) is 0.941. The van der Waals surface area contributed by atoms with Crippen LogP contribution in [0, 0.1) is 6.92 Å². The second kappa shape index (κ2) is 6.20. The number of benzene rings is 1. The lowest BCUT2D eigenvalue weighted by atomic mass is 10.2. The summed E-state index contributed by atoms with van der Waals surface area (Å²) >= 11 is 0. The second-order valence-electron chi connectivity index (χ2n) is 3.54. The minimum absolute atomic E-state index is 0.0475. The molecule has 0 aliphatic heterocycles. The molecule has 0 heterocycles. The molecule has 0 unspecified atom stereocenters. The van der Waals surface area contributed by atoms with Gasteiger partial charge in [0.05, 0.1) is 17.8 Å². The number of sulfonamides is 1. The third-order valence-electron chi connectivity index (χ3n) is 2.05. The SMILES string of the molecule is CCO/C=C/C(=O)NS(=O)(=O)c1ccc(C)cc1. The van der Waals surface area contributed by atoms with E-state index in [-0.39, 0.29) is 4.90 Å². The average molecular weight is 269 g/mol. The van der Waals surface area contributed by atoms with Gasteiger partial charge in [-0.1, -0.05) is 17.7 Å². The van der Waals surface area contributed by atoms with E-state index in [9.17, 15) is 13.2 Å². The van der Waals surface area contributed by atoms with Gasteiger partial charge in [0.25, 0.3) is 15.9 Å². The fourth-order valence-corrected chi connectivity index (χ4v) is 2.09. The molecule has 6 heteroatoms. The van der Waals surface area contributed by atoms with Gasteiger partial charge >= 0.3 is 0 Å². The van der Waals surface area contributed by atoms with Gasteiger partial charge in [0.1, 0.15) is 0 Å². The minimum Gasteiger partial charge on any atom is -0.501 e. The Morgan fingerprint density at radius 2 is 1.94 bits per heavy atom. The highest BCUT2D eigenvalue weighted by Crippen LogP contribution is 2.09. The smallest absolute Gasteiger partial charge is 0.264 e. The predicted molar refractivity (Wildman–Crippen MR) is 67.3 cm³/mol. The molecule has 0 aliphatic rings. The number of rotatable bonds is 5. The number of hydrogen-bond donors (Lipinski definition) is 1. The van der Waals surface area contributed by atoms with E-state index >= 15 is 0 Å². The fraction of sp³-hybridized carbons (Fsp3) is 0.250. The molecule has 0 radical (unpaired) electrons. The number of carbonyl (C=O) groups excluding carboxylic acids is 1. The zero-order valence-electron chi connectivity index (χ0n) is 10.2. The summed E-state index contributed by atoms with van der Waals surface area (Å²) in [5.74, 6) is -0.746. The molecule has 5 nitrogen and oxygen atoms in total. The maximum absolute atomic E-state index is 11.8. The molecule has 0 aliphatic carbocycles. The number of hydrogen-bond acceptors (Lipinski definition) is 4. The Morgan fingerprint density at radius 3 is 2.50 bits per heavy atom. The van der Waals surface area contributed by atoms with E-state index in [1.807, 2.05) is 11.6 Å². The average Bonchev–Trinajstić information content (AvgIpc) is 2.29. The largest absolute Gasteiger partial charge is 0.501 e. The normalized spacial score (nSPS) is 11.4. The van der Waals surface area contributed by atoms with Crippen molar-refractivity contribution in [2.45, 2.75) is 18.7 Å². The lowest BCUT2D eigenvalue weighted by Gasteiger charge is -2.04. The first-order valence-corrected chi connectivity index (χ1v) is 6.85. The molecule has 1 amide bonds. The van der Waals surface area contributed by atoms with Gasteiger partial charge in [0.2, 0.25) is 0 Å². The van der Waals surface area contributed by atoms with Gasteiger partial charge in [-0.15, -0.1) is 0 Å². The molecule has 0 fully saturated rings. The predicted octanol–water partition coefficient (Wildman–Crippen LogP) is 1.35. The van der Waals surface area contributed by atoms with Gasteiger partial charge in [-0.3, -0.25) is 4.79 Å². The zero-order chi connectivity index (χ0) is 13.6. The van der Waals surface area contributed by atoms with E-state index in [4.69, 9.17) is 4.74 Å². The van der Waals surface area contributed by atoms with E-state index in [1.165, 1.54) is 12.1 Å². The molecule has 98 valence electrons. The molecule has 0 saturated heterocycles. The topological polar surface area (TPSA) is 72.5 Å². The van der Waals surface area contributed by atoms with Gasteiger partial charge in [-0.25, -0.2) is 13.1 Å². The van der Waals surface area contributed by atoms with Crippen molar-refractivity contribution in [1.29, 1.82) is 0 Å². The van der Waals surface area contributed by atoms with Crippen molar-refractivity contribution < 1.29 is 17.9 Å². The van der Waals surface area contributed by atoms with Crippen LogP contribution >= 0.6 is 0 Å². The number of carbonyl (C=O) groups is 1. The highest BCUT2D eigenvalue weighted by atomic mass is 32.2. The molecule has 18 heavy (non-hydrogen) atoms. The quantitative estimate of drug-likeness (QED) is 0.647. The third kappa shape index (κ3) is 4.21. The Hall–Kier alpha value is -1.82. The van der Waals surface area contributed by atoms with E-state index in [0.29, 0.717) is 6.61 Å². The molecule has 1 rings (SSSR count). The van der Waals surface area contributed by atoms with Crippen LogP contribution in [-0.4, -0.2) is 20.9 Å². The van der Waals surface area contributed by atoms with Crippen LogP contribution in [0.3, 0.4) is 0 Å². The third-order valence-corrected chi connectivity index (χ3v) is 3.41. The summed E-state index contributed by atoms with van der Waals surface area (Å²) in [4.78, 5) is 11.4. The molecule has 1 aromatic rings. The van der Waals surface area contributed by atoms with Gasteiger partial charge in [-0.05, 0) is 26.0 Å². The van der Waals surface area contributed by atoms with Gasteiger partial charge in [-0.2, -0.15) is 0 Å². The Kier molecular flexibility index (Phi) is 4.91. The van der Waals surface area contributed by atoms with Crippen LogP contribution in [0.5, 0.6) is 0 Å². The number of nitrogens with one attached hydrogen (secondary N) is 1. The molecule has 0 saturated carbocycles. The maximum Gasteiger partial charge on any atom is 0.264 e. The maximum atomic E-state index is 11.8. The molecular weight excluding hydrogens is 254 g/mol. The summed E-state index contributed by atoms with van der Waals surface area (Å²) in [7, 11) is -3.82. The molecule has 1 aromatic carbocycles. The summed E-state index contributed by atoms with van der Waals surface area (Å²) in [6.07, 6.45) is 2.18. The van der Waals surface area contributed by atoms with E-state index in [1.54, 1.807) is 19.1 Å². The summed E-state index contributed by atoms with van der Waals surface area (Å²) in [6, 6.07) is 6.21. The van der Waals surface area contributed by atoms with E-state index < -0.39 is 15.9 Å². The number of aryl methyl sites for hydroxylation is 1. The van der Waals surface area contributed by atoms with Crippen LogP contribution in [0.15, 0.2) is 41.5 Å². The minimum atomic E-state index is -3.82. The Morgan fingerprint density at radius 1 is 1.33 bits per heavy atom. The van der Waals surface area contributed by atoms with Crippen molar-refractivity contribution in [2.75, 3.05) is 6.61 Å². The van der Waals surface area contributed by atoms with Crippen molar-refractivity contribution >= 4 is 15.9 Å². The van der Waals surface area contributed by atoms with Crippen molar-refractivity contribution in [3.63, 3.8) is 0 Å². The van der Waals surface area contributed by atoms with Crippen molar-refractivity contribution in [2.24, 2.45) is 0 Å². The molecule has 0 aromatic heterocycles. The lowest BCUT2D eigenvalue weighted by molar-refractivity contribution is -0.114. The van der Waals surface area contributed by atoms with Crippen LogP contribution in [0.2, 0.25) is 0 Å². The van der Waals surface area contributed by atoms with Crippen molar-refractivity contribution in [1.82, 2.24) is 4.72 Å². The van der Waals surface area contributed by atoms with Gasteiger partial charge < -0.3 is 4.74 Å². The molecule has 1 N–H and O–H groups in total. The second-order valence-corrected chi connectivity index (χ2v) is 5.22. The van der Waals surface area contributed by atoms with Crippen LogP contribution in [0.4, 0.5) is 0 Å². The monoisotopic (exact) mass is 269 g/mol. The fourth-order valence-electron chi connectivity index (χ4n) is 1.15. The summed E-state index contributed by atoms with van der Waals surface area (Å²) < 4.78 is 30.3. The summed E-state index contributed by atoms with van der Waals surface area (Å²) in [6.45, 7) is 4.01. The van der Waals surface area contributed by atoms with Crippen molar-refractivity contribution in [3.05, 3.63) is 42.2 Å². The van der Waals surface area contributed by atoms with Crippen LogP contribution in [0.25, 0.3) is 0 Å². The van der Waals surface area contributed by atoms with Crippen LogP contribution in [-0.2, 0) is 19.6 Å². The Balaban J connectivity index is 2.76. The molecule has 0 atom stereocenters. The standard InChI is InChI=1S/C12H15NO4S/c1-3-17-9-8-12(14)13-18(15,16)11-6-4-10(2)5-7-11/h4-9H,3H2,1-2H3,(H,13,14)/b9-8+. The van der Waals surface area contributed by atoms with Gasteiger partial charge in [0, 0.05) is 6.08 Å². The first kappa shape index (κ1) is 14.2. The van der Waals surface area contributed by atoms with Crippen LogP contribution in [0.1, 0.15) is 12.5 Å².